The van der Waals surface area contributed by atoms with Crippen molar-refractivity contribution in [1.82, 2.24) is 0 Å². The Kier molecular flexibility index (Phi) is 6.54. The molecule has 0 saturated heterocycles. The number of thiophene rings is 1. The highest BCUT2D eigenvalue weighted by molar-refractivity contribution is 7.19. The number of carbonyl (C=O) groups excluding carboxylic acids is 3. The highest BCUT2D eigenvalue weighted by atomic mass is 35.5. The van der Waals surface area contributed by atoms with Crippen molar-refractivity contribution in [2.24, 2.45) is 0 Å². The second-order valence-electron chi connectivity index (χ2n) is 6.44. The summed E-state index contributed by atoms with van der Waals surface area (Å²) in [5, 5.41) is 6.31. The first kappa shape index (κ1) is 21.5. The van der Waals surface area contributed by atoms with E-state index in [1.165, 1.54) is 7.11 Å². The van der Waals surface area contributed by atoms with Gasteiger partial charge in [0.2, 0.25) is 0 Å². The van der Waals surface area contributed by atoms with Crippen molar-refractivity contribution < 1.29 is 19.1 Å². The molecule has 30 heavy (non-hydrogen) atoms. The van der Waals surface area contributed by atoms with Crippen molar-refractivity contribution >= 4 is 51.4 Å². The Morgan fingerprint density at radius 3 is 2.27 bits per heavy atom. The summed E-state index contributed by atoms with van der Waals surface area (Å²) >= 11 is 7.13. The number of methoxy groups -OCH3 is 1. The average Bonchev–Trinajstić information content (AvgIpc) is 3.07. The van der Waals surface area contributed by atoms with Gasteiger partial charge in [-0.2, -0.15) is 0 Å². The van der Waals surface area contributed by atoms with Gasteiger partial charge in [0.15, 0.2) is 0 Å². The molecule has 0 aliphatic carbocycles. The second kappa shape index (κ2) is 9.11. The Morgan fingerprint density at radius 2 is 1.60 bits per heavy atom. The molecule has 0 atom stereocenters. The molecule has 3 aromatic rings. The SMILES string of the molecule is COC(=O)c1c(NC(=O)c2ccccc2)sc(C(=O)Nc2cccc(Cl)c2C)c1C. The van der Waals surface area contributed by atoms with Gasteiger partial charge in [0, 0.05) is 16.3 Å². The summed E-state index contributed by atoms with van der Waals surface area (Å²) in [5.74, 6) is -1.43. The van der Waals surface area contributed by atoms with E-state index in [9.17, 15) is 14.4 Å². The van der Waals surface area contributed by atoms with Gasteiger partial charge in [0.1, 0.15) is 5.00 Å². The fourth-order valence-corrected chi connectivity index (χ4v) is 4.11. The fourth-order valence-electron chi connectivity index (χ4n) is 2.85. The maximum Gasteiger partial charge on any atom is 0.341 e. The van der Waals surface area contributed by atoms with Crippen LogP contribution >= 0.6 is 22.9 Å². The van der Waals surface area contributed by atoms with Gasteiger partial charge in [0.05, 0.1) is 17.6 Å². The summed E-state index contributed by atoms with van der Waals surface area (Å²) in [6, 6.07) is 13.8. The van der Waals surface area contributed by atoms with Gasteiger partial charge in [-0.3, -0.25) is 9.59 Å². The van der Waals surface area contributed by atoms with Crippen LogP contribution in [0.5, 0.6) is 0 Å². The maximum absolute atomic E-state index is 12.9. The highest BCUT2D eigenvalue weighted by Gasteiger charge is 2.27. The molecule has 1 aromatic heterocycles. The second-order valence-corrected chi connectivity index (χ2v) is 7.87. The predicted octanol–water partition coefficient (Wildman–Crippen LogP) is 5.31. The maximum atomic E-state index is 12.9. The van der Waals surface area contributed by atoms with Crippen LogP contribution in [0.2, 0.25) is 5.02 Å². The zero-order valence-corrected chi connectivity index (χ0v) is 18.1. The van der Waals surface area contributed by atoms with E-state index in [1.807, 2.05) is 0 Å². The number of nitrogens with one attached hydrogen (secondary N) is 2. The Labute approximate surface area is 182 Å². The van der Waals surface area contributed by atoms with E-state index in [1.54, 1.807) is 62.4 Å². The number of esters is 1. The molecule has 0 aliphatic rings. The van der Waals surface area contributed by atoms with E-state index in [-0.39, 0.29) is 21.3 Å². The molecule has 0 saturated carbocycles. The van der Waals surface area contributed by atoms with Gasteiger partial charge in [-0.25, -0.2) is 4.79 Å². The Bertz CT molecular complexity index is 1130. The summed E-state index contributed by atoms with van der Waals surface area (Å²) in [6.45, 7) is 3.44. The van der Waals surface area contributed by atoms with E-state index in [0.29, 0.717) is 21.8 Å². The minimum absolute atomic E-state index is 0.153. The van der Waals surface area contributed by atoms with Crippen molar-refractivity contribution in [1.29, 1.82) is 0 Å². The highest BCUT2D eigenvalue weighted by Crippen LogP contribution is 2.35. The number of carbonyl (C=O) groups is 3. The minimum Gasteiger partial charge on any atom is -0.465 e. The quantitative estimate of drug-likeness (QED) is 0.524. The molecular formula is C22H19ClN2O4S. The molecule has 0 spiro atoms. The van der Waals surface area contributed by atoms with Crippen LogP contribution in [0.25, 0.3) is 0 Å². The van der Waals surface area contributed by atoms with Crippen LogP contribution in [0, 0.1) is 13.8 Å². The van der Waals surface area contributed by atoms with E-state index >= 15 is 0 Å². The summed E-state index contributed by atoms with van der Waals surface area (Å²) < 4.78 is 4.86. The lowest BCUT2D eigenvalue weighted by Crippen LogP contribution is -2.14. The summed E-state index contributed by atoms with van der Waals surface area (Å²) in [7, 11) is 1.25. The first-order valence-electron chi connectivity index (χ1n) is 8.98. The summed E-state index contributed by atoms with van der Waals surface area (Å²) in [4.78, 5) is 38.1. The number of ether oxygens (including phenoxy) is 1. The monoisotopic (exact) mass is 442 g/mol. The Hall–Kier alpha value is -3.16. The van der Waals surface area contributed by atoms with Crippen LogP contribution in [-0.2, 0) is 4.74 Å². The van der Waals surface area contributed by atoms with Gasteiger partial charge in [-0.15, -0.1) is 11.3 Å². The molecule has 8 heteroatoms. The molecule has 0 unspecified atom stereocenters. The largest absolute Gasteiger partial charge is 0.465 e. The third-order valence-electron chi connectivity index (χ3n) is 4.52. The molecule has 154 valence electrons. The Morgan fingerprint density at radius 1 is 0.900 bits per heavy atom. The first-order valence-corrected chi connectivity index (χ1v) is 10.2. The summed E-state index contributed by atoms with van der Waals surface area (Å²) in [6.07, 6.45) is 0. The smallest absolute Gasteiger partial charge is 0.341 e. The van der Waals surface area contributed by atoms with Crippen LogP contribution in [0.4, 0.5) is 10.7 Å². The number of hydrogen-bond acceptors (Lipinski definition) is 5. The van der Waals surface area contributed by atoms with Gasteiger partial charge in [-0.1, -0.05) is 35.9 Å². The molecule has 6 nitrogen and oxygen atoms in total. The fraction of sp³-hybridized carbons (Fsp3) is 0.136. The van der Waals surface area contributed by atoms with E-state index in [0.717, 1.165) is 16.9 Å². The number of halogens is 1. The predicted molar refractivity (Wildman–Crippen MR) is 119 cm³/mol. The van der Waals surface area contributed by atoms with Crippen LogP contribution in [0.1, 0.15) is 41.5 Å². The molecule has 2 N–H and O–H groups in total. The zero-order chi connectivity index (χ0) is 21.8. The van der Waals surface area contributed by atoms with E-state index in [2.05, 4.69) is 10.6 Å². The standard InChI is InChI=1S/C22H19ClN2O4S/c1-12-15(23)10-7-11-16(12)24-20(27)18-13(2)17(22(28)29-3)21(30-18)25-19(26)14-8-5-4-6-9-14/h4-11H,1-3H3,(H,24,27)(H,25,26). The molecule has 2 amide bonds. The average molecular weight is 443 g/mol. The normalized spacial score (nSPS) is 10.4. The lowest BCUT2D eigenvalue weighted by Gasteiger charge is -2.09. The number of amides is 2. The minimum atomic E-state index is -0.634. The molecule has 0 radical (unpaired) electrons. The van der Waals surface area contributed by atoms with Crippen molar-refractivity contribution in [3.05, 3.63) is 80.7 Å². The van der Waals surface area contributed by atoms with Gasteiger partial charge in [-0.05, 0) is 49.2 Å². The van der Waals surface area contributed by atoms with Crippen LogP contribution < -0.4 is 10.6 Å². The van der Waals surface area contributed by atoms with Crippen LogP contribution in [0.15, 0.2) is 48.5 Å². The van der Waals surface area contributed by atoms with Gasteiger partial charge < -0.3 is 15.4 Å². The molecule has 0 bridgehead atoms. The van der Waals surface area contributed by atoms with Gasteiger partial charge in [0.25, 0.3) is 11.8 Å². The van der Waals surface area contributed by atoms with Crippen LogP contribution in [-0.4, -0.2) is 24.9 Å². The zero-order valence-electron chi connectivity index (χ0n) is 16.5. The topological polar surface area (TPSA) is 84.5 Å². The number of benzene rings is 2. The molecule has 0 aliphatic heterocycles. The number of anilines is 2. The lowest BCUT2D eigenvalue weighted by atomic mass is 10.1. The van der Waals surface area contributed by atoms with Crippen molar-refractivity contribution in [2.45, 2.75) is 13.8 Å². The van der Waals surface area contributed by atoms with E-state index < -0.39 is 11.9 Å². The van der Waals surface area contributed by atoms with Crippen molar-refractivity contribution in [3.8, 4) is 0 Å². The third kappa shape index (κ3) is 4.37. The molecular weight excluding hydrogens is 424 g/mol. The van der Waals surface area contributed by atoms with Crippen LogP contribution in [0.3, 0.4) is 0 Å². The first-order chi connectivity index (χ1) is 14.3. The van der Waals surface area contributed by atoms with Gasteiger partial charge >= 0.3 is 5.97 Å². The van der Waals surface area contributed by atoms with E-state index in [4.69, 9.17) is 16.3 Å². The molecule has 2 aromatic carbocycles. The molecule has 3 rings (SSSR count). The Balaban J connectivity index is 1.95. The third-order valence-corrected chi connectivity index (χ3v) is 6.14. The summed E-state index contributed by atoms with van der Waals surface area (Å²) in [5.41, 5.74) is 2.30. The lowest BCUT2D eigenvalue weighted by molar-refractivity contribution is 0.0601. The van der Waals surface area contributed by atoms with Crippen molar-refractivity contribution in [3.63, 3.8) is 0 Å². The molecule has 0 fully saturated rings. The van der Waals surface area contributed by atoms with Crippen molar-refractivity contribution in [2.75, 3.05) is 17.7 Å². The number of hydrogen-bond donors (Lipinski definition) is 2. The molecule has 1 heterocycles. The number of rotatable bonds is 5.